The fourth-order valence-electron chi connectivity index (χ4n) is 1.23. The van der Waals surface area contributed by atoms with Crippen LogP contribution < -0.4 is 5.32 Å². The number of hydrogen-bond donors (Lipinski definition) is 2. The van der Waals surface area contributed by atoms with Crippen LogP contribution in [0.3, 0.4) is 0 Å². The van der Waals surface area contributed by atoms with Crippen LogP contribution in [-0.4, -0.2) is 11.7 Å². The molecule has 0 saturated carbocycles. The predicted octanol–water partition coefficient (Wildman–Crippen LogP) is 4.34. The topological polar surface area (TPSA) is 38.3 Å². The molecule has 0 aliphatic rings. The molecule has 1 amide bonds. The van der Waals surface area contributed by atoms with E-state index in [-0.39, 0.29) is 10.6 Å². The average Bonchev–Trinajstić information content (AvgIpc) is 2.16. The second-order valence-electron chi connectivity index (χ2n) is 4.86. The Balaban J connectivity index is 2.84. The monoisotopic (exact) mass is 293 g/mol. The van der Waals surface area contributed by atoms with E-state index in [0.29, 0.717) is 0 Å². The van der Waals surface area contributed by atoms with Crippen molar-refractivity contribution < 1.29 is 22.7 Å². The van der Waals surface area contributed by atoms with Gasteiger partial charge in [-0.2, -0.15) is 13.2 Å². The van der Waals surface area contributed by atoms with Crippen molar-refractivity contribution in [1.82, 2.24) is 0 Å². The second kappa shape index (κ2) is 5.32. The van der Waals surface area contributed by atoms with Crippen LogP contribution in [0, 0.1) is 0 Å². The van der Waals surface area contributed by atoms with E-state index in [1.165, 1.54) is 0 Å². The van der Waals surface area contributed by atoms with Crippen molar-refractivity contribution in [3.8, 4) is 0 Å². The molecule has 19 heavy (non-hydrogen) atoms. The minimum atomic E-state index is -4.44. The summed E-state index contributed by atoms with van der Waals surface area (Å²) in [5, 5.41) is 2.34. The zero-order chi connectivity index (χ0) is 14.8. The summed E-state index contributed by atoms with van der Waals surface area (Å²) in [6.07, 6.45) is -5.19. The van der Waals surface area contributed by atoms with Crippen LogP contribution in [0.15, 0.2) is 23.1 Å². The Hall–Kier alpha value is -1.37. The molecule has 0 spiro atoms. The molecule has 0 fully saturated rings. The zero-order valence-electron chi connectivity index (χ0n) is 10.6. The number of amides is 1. The molecule has 106 valence electrons. The van der Waals surface area contributed by atoms with E-state index in [1.54, 1.807) is 20.8 Å². The van der Waals surface area contributed by atoms with Crippen molar-refractivity contribution in [3.63, 3.8) is 0 Å². The third-order valence-electron chi connectivity index (χ3n) is 1.96. The number of rotatable bonds is 1. The molecular formula is C12H14F3NO2S. The van der Waals surface area contributed by atoms with Crippen molar-refractivity contribution in [2.75, 3.05) is 5.32 Å². The van der Waals surface area contributed by atoms with E-state index in [9.17, 15) is 18.0 Å². The highest BCUT2D eigenvalue weighted by molar-refractivity contribution is 7.80. The minimum absolute atomic E-state index is 0.0145. The fraction of sp³-hybridized carbons (Fsp3) is 0.417. The maximum absolute atomic E-state index is 12.4. The van der Waals surface area contributed by atoms with Crippen LogP contribution in [0.5, 0.6) is 0 Å². The summed E-state index contributed by atoms with van der Waals surface area (Å²) < 4.78 is 42.3. The van der Waals surface area contributed by atoms with Gasteiger partial charge < -0.3 is 4.74 Å². The number of benzene rings is 1. The summed E-state index contributed by atoms with van der Waals surface area (Å²) in [6, 6.07) is 2.84. The van der Waals surface area contributed by atoms with Gasteiger partial charge in [0.05, 0.1) is 11.3 Å². The molecule has 0 heterocycles. The Morgan fingerprint density at radius 2 is 1.84 bits per heavy atom. The van der Waals surface area contributed by atoms with Gasteiger partial charge in [-0.25, -0.2) is 4.79 Å². The molecule has 0 atom stereocenters. The van der Waals surface area contributed by atoms with Gasteiger partial charge in [0.25, 0.3) is 0 Å². The van der Waals surface area contributed by atoms with E-state index in [1.807, 2.05) is 0 Å². The van der Waals surface area contributed by atoms with Crippen LogP contribution in [0.25, 0.3) is 0 Å². The van der Waals surface area contributed by atoms with E-state index in [2.05, 4.69) is 17.9 Å². The SMILES string of the molecule is CC(C)(C)OC(=O)Nc1ccc(C(F)(F)F)cc1S. The number of halogens is 3. The summed E-state index contributed by atoms with van der Waals surface area (Å²) in [5.74, 6) is 0. The second-order valence-corrected chi connectivity index (χ2v) is 5.34. The Labute approximate surface area is 114 Å². The Bertz CT molecular complexity index is 481. The van der Waals surface area contributed by atoms with Gasteiger partial charge in [-0.15, -0.1) is 12.6 Å². The standard InChI is InChI=1S/C12H14F3NO2S/c1-11(2,3)18-10(17)16-8-5-4-7(6-9(8)19)12(13,14)15/h4-6,19H,1-3H3,(H,16,17). The lowest BCUT2D eigenvalue weighted by molar-refractivity contribution is -0.137. The number of hydrogen-bond acceptors (Lipinski definition) is 3. The van der Waals surface area contributed by atoms with E-state index >= 15 is 0 Å². The highest BCUT2D eigenvalue weighted by atomic mass is 32.1. The summed E-state index contributed by atoms with van der Waals surface area (Å²) in [4.78, 5) is 11.5. The Morgan fingerprint density at radius 3 is 2.26 bits per heavy atom. The van der Waals surface area contributed by atoms with Crippen molar-refractivity contribution in [1.29, 1.82) is 0 Å². The van der Waals surface area contributed by atoms with Crippen LogP contribution >= 0.6 is 12.6 Å². The third-order valence-corrected chi connectivity index (χ3v) is 2.33. The highest BCUT2D eigenvalue weighted by Crippen LogP contribution is 2.33. The van der Waals surface area contributed by atoms with Gasteiger partial charge in [0.15, 0.2) is 0 Å². The number of carbonyl (C=O) groups is 1. The van der Waals surface area contributed by atoms with Crippen LogP contribution in [-0.2, 0) is 10.9 Å². The normalized spacial score (nSPS) is 12.2. The molecule has 1 aromatic rings. The molecule has 1 aromatic carbocycles. The molecule has 0 saturated heterocycles. The van der Waals surface area contributed by atoms with Gasteiger partial charge in [0.2, 0.25) is 0 Å². The van der Waals surface area contributed by atoms with E-state index < -0.39 is 23.4 Å². The number of thiol groups is 1. The molecular weight excluding hydrogens is 279 g/mol. The third kappa shape index (κ3) is 5.02. The quantitative estimate of drug-likeness (QED) is 0.756. The first kappa shape index (κ1) is 15.7. The van der Waals surface area contributed by atoms with Gasteiger partial charge in [0, 0.05) is 4.90 Å². The van der Waals surface area contributed by atoms with Gasteiger partial charge in [-0.1, -0.05) is 0 Å². The van der Waals surface area contributed by atoms with Crippen molar-refractivity contribution in [2.45, 2.75) is 37.4 Å². The zero-order valence-corrected chi connectivity index (χ0v) is 11.5. The summed E-state index contributed by atoms with van der Waals surface area (Å²) in [6.45, 7) is 5.04. The van der Waals surface area contributed by atoms with E-state index in [4.69, 9.17) is 4.74 Å². The molecule has 1 rings (SSSR count). The van der Waals surface area contributed by atoms with Gasteiger partial charge in [-0.05, 0) is 39.0 Å². The number of ether oxygens (including phenoxy) is 1. The Kier molecular flexibility index (Phi) is 4.39. The Morgan fingerprint density at radius 1 is 1.26 bits per heavy atom. The van der Waals surface area contributed by atoms with Gasteiger partial charge >= 0.3 is 12.3 Å². The highest BCUT2D eigenvalue weighted by Gasteiger charge is 2.30. The first-order valence-corrected chi connectivity index (χ1v) is 5.84. The molecule has 0 bridgehead atoms. The molecule has 0 radical (unpaired) electrons. The predicted molar refractivity (Wildman–Crippen MR) is 68.6 cm³/mol. The van der Waals surface area contributed by atoms with E-state index in [0.717, 1.165) is 18.2 Å². The van der Waals surface area contributed by atoms with Gasteiger partial charge in [-0.3, -0.25) is 5.32 Å². The van der Waals surface area contributed by atoms with Crippen LogP contribution in [0.1, 0.15) is 26.3 Å². The lowest BCUT2D eigenvalue weighted by atomic mass is 10.2. The average molecular weight is 293 g/mol. The van der Waals surface area contributed by atoms with Crippen molar-refractivity contribution in [3.05, 3.63) is 23.8 Å². The number of anilines is 1. The first-order valence-electron chi connectivity index (χ1n) is 5.39. The largest absolute Gasteiger partial charge is 0.444 e. The molecule has 1 N–H and O–H groups in total. The van der Waals surface area contributed by atoms with Gasteiger partial charge in [0.1, 0.15) is 5.60 Å². The number of carbonyl (C=O) groups excluding carboxylic acids is 1. The van der Waals surface area contributed by atoms with Crippen molar-refractivity contribution >= 4 is 24.4 Å². The number of alkyl halides is 3. The summed E-state index contributed by atoms with van der Waals surface area (Å²) in [7, 11) is 0. The summed E-state index contributed by atoms with van der Waals surface area (Å²) >= 11 is 3.92. The minimum Gasteiger partial charge on any atom is -0.444 e. The molecule has 0 aliphatic carbocycles. The fourth-order valence-corrected chi connectivity index (χ4v) is 1.50. The lowest BCUT2D eigenvalue weighted by Crippen LogP contribution is -2.27. The molecule has 0 aromatic heterocycles. The first-order chi connectivity index (χ1) is 8.49. The molecule has 3 nitrogen and oxygen atoms in total. The maximum Gasteiger partial charge on any atom is 0.416 e. The van der Waals surface area contributed by atoms with Crippen LogP contribution in [0.2, 0.25) is 0 Å². The molecule has 0 aliphatic heterocycles. The van der Waals surface area contributed by atoms with Crippen LogP contribution in [0.4, 0.5) is 23.7 Å². The maximum atomic E-state index is 12.4. The smallest absolute Gasteiger partial charge is 0.416 e. The number of nitrogens with one attached hydrogen (secondary N) is 1. The van der Waals surface area contributed by atoms with Crippen molar-refractivity contribution in [2.24, 2.45) is 0 Å². The molecule has 0 unspecified atom stereocenters. The lowest BCUT2D eigenvalue weighted by Gasteiger charge is -2.20. The molecule has 7 heteroatoms. The summed E-state index contributed by atoms with van der Waals surface area (Å²) in [5.41, 5.74) is -1.36.